The Labute approximate surface area is 185 Å². The lowest BCUT2D eigenvalue weighted by Crippen LogP contribution is -2.45. The van der Waals surface area contributed by atoms with Gasteiger partial charge in [-0.15, -0.1) is 11.3 Å². The lowest BCUT2D eigenvalue weighted by atomic mass is 10.0. The highest BCUT2D eigenvalue weighted by atomic mass is 32.1. The highest BCUT2D eigenvalue weighted by Gasteiger charge is 2.28. The molecule has 1 aromatic carbocycles. The number of carbonyl (C=O) groups excluding carboxylic acids is 1. The van der Waals surface area contributed by atoms with Crippen molar-refractivity contribution in [1.82, 2.24) is 20.2 Å². The molecule has 5 rings (SSSR count). The van der Waals surface area contributed by atoms with Crippen molar-refractivity contribution >= 4 is 39.0 Å². The van der Waals surface area contributed by atoms with Crippen molar-refractivity contribution in [2.45, 2.75) is 31.7 Å². The first-order chi connectivity index (χ1) is 15.2. The number of thiophene rings is 1. The van der Waals surface area contributed by atoms with E-state index in [4.69, 9.17) is 5.26 Å². The van der Waals surface area contributed by atoms with Crippen LogP contribution in [0.2, 0.25) is 0 Å². The summed E-state index contributed by atoms with van der Waals surface area (Å²) in [4.78, 5) is 25.5. The van der Waals surface area contributed by atoms with Crippen LogP contribution in [0.1, 0.15) is 40.9 Å². The third-order valence-corrected chi connectivity index (χ3v) is 6.99. The van der Waals surface area contributed by atoms with E-state index in [-0.39, 0.29) is 11.9 Å². The standard InChI is InChI=1S/C23H24N6OS/c24-12-16-2-1-3-18(10-16)27-21-19-11-20(31-23(19)26-14-25-21)22(30)28-17-6-8-29(9-7-17)13-15-4-5-15/h1-3,10-11,14-15,17H,4-9,13H2,(H,28,30)(H,25,26,27). The van der Waals surface area contributed by atoms with Crippen molar-refractivity contribution in [3.63, 3.8) is 0 Å². The lowest BCUT2D eigenvalue weighted by Gasteiger charge is -2.32. The van der Waals surface area contributed by atoms with Gasteiger partial charge in [0.25, 0.3) is 5.91 Å². The fourth-order valence-electron chi connectivity index (χ4n) is 4.05. The number of rotatable bonds is 6. The Morgan fingerprint density at radius 3 is 2.81 bits per heavy atom. The van der Waals surface area contributed by atoms with Crippen LogP contribution in [0.15, 0.2) is 36.7 Å². The molecule has 2 aromatic heterocycles. The average molecular weight is 433 g/mol. The van der Waals surface area contributed by atoms with Gasteiger partial charge in [0, 0.05) is 31.4 Å². The van der Waals surface area contributed by atoms with E-state index < -0.39 is 0 Å². The molecule has 1 aliphatic carbocycles. The molecule has 0 bridgehead atoms. The second kappa shape index (κ2) is 8.61. The number of benzene rings is 1. The largest absolute Gasteiger partial charge is 0.349 e. The monoisotopic (exact) mass is 432 g/mol. The van der Waals surface area contributed by atoms with Crippen molar-refractivity contribution in [1.29, 1.82) is 5.26 Å². The summed E-state index contributed by atoms with van der Waals surface area (Å²) in [5.74, 6) is 1.50. The molecule has 1 aliphatic heterocycles. The van der Waals surface area contributed by atoms with E-state index in [1.54, 1.807) is 12.1 Å². The number of nitriles is 1. The van der Waals surface area contributed by atoms with Gasteiger partial charge >= 0.3 is 0 Å². The van der Waals surface area contributed by atoms with Crippen LogP contribution in [0, 0.1) is 17.2 Å². The number of hydrogen-bond donors (Lipinski definition) is 2. The van der Waals surface area contributed by atoms with Gasteiger partial charge in [0.1, 0.15) is 17.0 Å². The molecule has 7 nitrogen and oxygen atoms in total. The Balaban J connectivity index is 1.26. The van der Waals surface area contributed by atoms with Crippen molar-refractivity contribution in [3.05, 3.63) is 47.1 Å². The molecule has 1 saturated heterocycles. The second-order valence-electron chi connectivity index (χ2n) is 8.36. The van der Waals surface area contributed by atoms with Gasteiger partial charge in [0.2, 0.25) is 0 Å². The molecular formula is C23H24N6OS. The van der Waals surface area contributed by atoms with Crippen LogP contribution in [0.4, 0.5) is 11.5 Å². The maximum atomic E-state index is 12.9. The molecule has 3 aromatic rings. The molecule has 3 heterocycles. The van der Waals surface area contributed by atoms with Crippen molar-refractivity contribution in [3.8, 4) is 6.07 Å². The molecule has 0 radical (unpaired) electrons. The minimum Gasteiger partial charge on any atom is -0.349 e. The Morgan fingerprint density at radius 1 is 1.19 bits per heavy atom. The van der Waals surface area contributed by atoms with Gasteiger partial charge < -0.3 is 15.5 Å². The fraction of sp³-hybridized carbons (Fsp3) is 0.391. The predicted molar refractivity (Wildman–Crippen MR) is 122 cm³/mol. The molecule has 0 spiro atoms. The molecule has 1 amide bonds. The minimum absolute atomic E-state index is 0.0407. The van der Waals surface area contributed by atoms with Crippen molar-refractivity contribution < 1.29 is 4.79 Å². The normalized spacial score (nSPS) is 17.4. The van der Waals surface area contributed by atoms with Crippen LogP contribution in [0.5, 0.6) is 0 Å². The Kier molecular flexibility index (Phi) is 5.53. The van der Waals surface area contributed by atoms with Crippen molar-refractivity contribution in [2.75, 3.05) is 25.0 Å². The minimum atomic E-state index is -0.0407. The van der Waals surface area contributed by atoms with E-state index in [2.05, 4.69) is 31.6 Å². The Bertz CT molecular complexity index is 1140. The van der Waals surface area contributed by atoms with E-state index in [0.29, 0.717) is 16.3 Å². The van der Waals surface area contributed by atoms with Crippen LogP contribution >= 0.6 is 11.3 Å². The fourth-order valence-corrected chi connectivity index (χ4v) is 4.95. The summed E-state index contributed by atoms with van der Waals surface area (Å²) in [7, 11) is 0. The summed E-state index contributed by atoms with van der Waals surface area (Å²) >= 11 is 1.38. The van der Waals surface area contributed by atoms with Gasteiger partial charge in [-0.05, 0) is 55.9 Å². The maximum absolute atomic E-state index is 12.9. The Hall–Kier alpha value is -3.02. The zero-order chi connectivity index (χ0) is 21.2. The number of nitrogens with zero attached hydrogens (tertiary/aromatic N) is 4. The molecule has 2 fully saturated rings. The molecule has 0 atom stereocenters. The van der Waals surface area contributed by atoms with E-state index in [0.717, 1.165) is 47.8 Å². The average Bonchev–Trinajstić information content (AvgIpc) is 3.49. The number of amides is 1. The predicted octanol–water partition coefficient (Wildman–Crippen LogP) is 3.91. The second-order valence-corrected chi connectivity index (χ2v) is 9.39. The van der Waals surface area contributed by atoms with Crippen LogP contribution in [0.25, 0.3) is 10.2 Å². The van der Waals surface area contributed by atoms with E-state index >= 15 is 0 Å². The molecule has 2 aliphatic rings. The van der Waals surface area contributed by atoms with E-state index in [1.165, 1.54) is 37.1 Å². The number of fused-ring (bicyclic) bond motifs is 1. The third-order valence-electron chi connectivity index (χ3n) is 5.94. The molecule has 8 heteroatoms. The first kappa shape index (κ1) is 19.9. The topological polar surface area (TPSA) is 93.9 Å². The van der Waals surface area contributed by atoms with Gasteiger partial charge in [-0.3, -0.25) is 4.79 Å². The molecule has 31 heavy (non-hydrogen) atoms. The summed E-state index contributed by atoms with van der Waals surface area (Å²) < 4.78 is 0. The molecule has 2 N–H and O–H groups in total. The van der Waals surface area contributed by atoms with Crippen LogP contribution in [-0.2, 0) is 0 Å². The molecule has 0 unspecified atom stereocenters. The first-order valence-corrected chi connectivity index (χ1v) is 11.5. The Morgan fingerprint density at radius 2 is 2.03 bits per heavy atom. The quantitative estimate of drug-likeness (QED) is 0.613. The number of anilines is 2. The summed E-state index contributed by atoms with van der Waals surface area (Å²) in [6, 6.07) is 11.4. The number of piperidine rings is 1. The number of likely N-dealkylation sites (tertiary alicyclic amines) is 1. The number of carbonyl (C=O) groups is 1. The maximum Gasteiger partial charge on any atom is 0.261 e. The van der Waals surface area contributed by atoms with E-state index in [9.17, 15) is 4.79 Å². The first-order valence-electron chi connectivity index (χ1n) is 10.7. The highest BCUT2D eigenvalue weighted by Crippen LogP contribution is 2.31. The molecule has 158 valence electrons. The van der Waals surface area contributed by atoms with Gasteiger partial charge in [-0.25, -0.2) is 9.97 Å². The highest BCUT2D eigenvalue weighted by molar-refractivity contribution is 7.20. The SMILES string of the molecule is N#Cc1cccc(Nc2ncnc3sc(C(=O)NC4CCN(CC5CC5)CC4)cc23)c1. The zero-order valence-electron chi connectivity index (χ0n) is 17.2. The summed E-state index contributed by atoms with van der Waals surface area (Å²) in [5.41, 5.74) is 1.35. The van der Waals surface area contributed by atoms with Gasteiger partial charge in [0.15, 0.2) is 0 Å². The van der Waals surface area contributed by atoms with Crippen LogP contribution < -0.4 is 10.6 Å². The smallest absolute Gasteiger partial charge is 0.261 e. The van der Waals surface area contributed by atoms with Crippen molar-refractivity contribution in [2.24, 2.45) is 5.92 Å². The van der Waals surface area contributed by atoms with E-state index in [1.807, 2.05) is 18.2 Å². The summed E-state index contributed by atoms with van der Waals surface area (Å²) in [6.07, 6.45) is 6.27. The summed E-state index contributed by atoms with van der Waals surface area (Å²) in [6.45, 7) is 3.35. The number of nitrogens with one attached hydrogen (secondary N) is 2. The summed E-state index contributed by atoms with van der Waals surface area (Å²) in [5, 5.41) is 16.4. The van der Waals surface area contributed by atoms with Gasteiger partial charge in [-0.1, -0.05) is 6.07 Å². The van der Waals surface area contributed by atoms with Gasteiger partial charge in [-0.2, -0.15) is 5.26 Å². The van der Waals surface area contributed by atoms with Crippen LogP contribution in [-0.4, -0.2) is 46.5 Å². The number of aromatic nitrogens is 2. The molecular weight excluding hydrogens is 408 g/mol. The van der Waals surface area contributed by atoms with Gasteiger partial charge in [0.05, 0.1) is 21.9 Å². The lowest BCUT2D eigenvalue weighted by molar-refractivity contribution is 0.0914. The third kappa shape index (κ3) is 4.68. The number of hydrogen-bond acceptors (Lipinski definition) is 7. The zero-order valence-corrected chi connectivity index (χ0v) is 18.0. The molecule has 1 saturated carbocycles. The van der Waals surface area contributed by atoms with Crippen LogP contribution in [0.3, 0.4) is 0 Å².